The SMILES string of the molecule is Cc1ccc(N=C(c2ccc([N+](=O)[O-])cc2)N(c2ccc(C)cc2)c2c([N+](=O)[O-])cc([N+](=O)[O-])cc2[N+](=O)[O-])cc1. The first-order chi connectivity index (χ1) is 19.5. The van der Waals surface area contributed by atoms with Crippen molar-refractivity contribution in [2.75, 3.05) is 4.90 Å². The van der Waals surface area contributed by atoms with Gasteiger partial charge in [0, 0.05) is 23.4 Å². The molecule has 4 aromatic carbocycles. The Kier molecular flexibility index (Phi) is 7.75. The van der Waals surface area contributed by atoms with Crippen molar-refractivity contribution in [1.82, 2.24) is 0 Å². The third-order valence-corrected chi connectivity index (χ3v) is 5.99. The first kappa shape index (κ1) is 28.0. The van der Waals surface area contributed by atoms with Crippen molar-refractivity contribution in [3.8, 4) is 0 Å². The number of amidine groups is 1. The lowest BCUT2D eigenvalue weighted by molar-refractivity contribution is -0.402. The van der Waals surface area contributed by atoms with Crippen molar-refractivity contribution in [2.45, 2.75) is 13.8 Å². The van der Waals surface area contributed by atoms with Gasteiger partial charge in [-0.15, -0.1) is 0 Å². The van der Waals surface area contributed by atoms with Crippen LogP contribution in [0.15, 0.2) is 89.9 Å². The number of hydrogen-bond acceptors (Lipinski definition) is 9. The van der Waals surface area contributed by atoms with Crippen LogP contribution in [0.3, 0.4) is 0 Å². The number of nitrogens with zero attached hydrogens (tertiary/aromatic N) is 6. The van der Waals surface area contributed by atoms with Crippen LogP contribution in [0.1, 0.15) is 16.7 Å². The molecule has 0 bridgehead atoms. The van der Waals surface area contributed by atoms with Gasteiger partial charge < -0.3 is 0 Å². The van der Waals surface area contributed by atoms with Crippen molar-refractivity contribution in [3.05, 3.63) is 142 Å². The summed E-state index contributed by atoms with van der Waals surface area (Å²) in [6, 6.07) is 19.7. The zero-order valence-electron chi connectivity index (χ0n) is 21.5. The summed E-state index contributed by atoms with van der Waals surface area (Å²) in [5.41, 5.74) is -0.965. The van der Waals surface area contributed by atoms with Crippen molar-refractivity contribution in [2.24, 2.45) is 4.99 Å². The van der Waals surface area contributed by atoms with E-state index < -0.39 is 42.4 Å². The Balaban J connectivity index is 2.15. The molecule has 206 valence electrons. The van der Waals surface area contributed by atoms with Gasteiger partial charge in [0.25, 0.3) is 11.4 Å². The molecule has 0 aliphatic carbocycles. The first-order valence-electron chi connectivity index (χ1n) is 11.8. The number of benzene rings is 4. The number of non-ortho nitro benzene ring substituents is 2. The van der Waals surface area contributed by atoms with E-state index >= 15 is 0 Å². The highest BCUT2D eigenvalue weighted by Gasteiger charge is 2.37. The van der Waals surface area contributed by atoms with E-state index in [1.54, 1.807) is 55.5 Å². The van der Waals surface area contributed by atoms with Gasteiger partial charge in [-0.3, -0.25) is 45.4 Å². The van der Waals surface area contributed by atoms with Crippen LogP contribution in [-0.4, -0.2) is 25.5 Å². The summed E-state index contributed by atoms with van der Waals surface area (Å²) in [6.45, 7) is 3.65. The van der Waals surface area contributed by atoms with Crippen molar-refractivity contribution < 1.29 is 19.7 Å². The Bertz CT molecular complexity index is 1670. The average molecular weight is 556 g/mol. The Morgan fingerprint density at radius 1 is 0.610 bits per heavy atom. The van der Waals surface area contributed by atoms with E-state index in [2.05, 4.69) is 4.99 Å². The van der Waals surface area contributed by atoms with Gasteiger partial charge in [0.15, 0.2) is 0 Å². The molecule has 14 heteroatoms. The molecule has 0 spiro atoms. The molecule has 0 saturated carbocycles. The fourth-order valence-electron chi connectivity index (χ4n) is 3.97. The molecule has 0 heterocycles. The average Bonchev–Trinajstić information content (AvgIpc) is 2.94. The molecule has 0 saturated heterocycles. The molecule has 0 aliphatic heterocycles. The zero-order valence-corrected chi connectivity index (χ0v) is 21.5. The molecule has 14 nitrogen and oxygen atoms in total. The van der Waals surface area contributed by atoms with Gasteiger partial charge in [-0.05, 0) is 50.2 Å². The first-order valence-corrected chi connectivity index (χ1v) is 11.8. The summed E-state index contributed by atoms with van der Waals surface area (Å²) >= 11 is 0. The standard InChI is InChI=1S/C27H20N6O8/c1-17-3-9-20(10-4-17)28-27(19-7-13-22(14-8-19)30(34)35)29(21-11-5-18(2)6-12-21)26-24(32(38)39)15-23(31(36)37)16-25(26)33(40)41/h3-16H,1-2H3. The normalized spacial score (nSPS) is 11.1. The monoisotopic (exact) mass is 556 g/mol. The Labute approximate surface area is 231 Å². The Hall–Kier alpha value is -6.05. The smallest absolute Gasteiger partial charge is 0.282 e. The molecule has 0 fully saturated rings. The number of nitro groups is 4. The maximum atomic E-state index is 12.3. The van der Waals surface area contributed by atoms with Crippen molar-refractivity contribution in [3.63, 3.8) is 0 Å². The molecule has 0 amide bonds. The Morgan fingerprint density at radius 2 is 1.07 bits per heavy atom. The number of anilines is 2. The van der Waals surface area contributed by atoms with E-state index in [1.807, 2.05) is 6.92 Å². The number of aryl methyl sites for hydroxylation is 2. The van der Waals surface area contributed by atoms with Gasteiger partial charge in [-0.25, -0.2) is 4.99 Å². The summed E-state index contributed by atoms with van der Waals surface area (Å²) in [4.78, 5) is 49.7. The lowest BCUT2D eigenvalue weighted by Crippen LogP contribution is -2.28. The quantitative estimate of drug-likeness (QED) is 0.0966. The van der Waals surface area contributed by atoms with E-state index in [0.717, 1.165) is 16.0 Å². The molecule has 0 N–H and O–H groups in total. The molecule has 0 atom stereocenters. The van der Waals surface area contributed by atoms with Crippen molar-refractivity contribution in [1.29, 1.82) is 0 Å². The van der Waals surface area contributed by atoms with Gasteiger partial charge in [0.2, 0.25) is 5.69 Å². The van der Waals surface area contributed by atoms with Crippen LogP contribution in [0.4, 0.5) is 39.8 Å². The van der Waals surface area contributed by atoms with Gasteiger partial charge in [-0.2, -0.15) is 0 Å². The van der Waals surface area contributed by atoms with Crippen LogP contribution in [0.2, 0.25) is 0 Å². The molecule has 0 aromatic heterocycles. The second-order valence-electron chi connectivity index (χ2n) is 8.85. The highest BCUT2D eigenvalue weighted by Crippen LogP contribution is 2.45. The third kappa shape index (κ3) is 6.01. The largest absolute Gasteiger partial charge is 0.307 e. The second-order valence-corrected chi connectivity index (χ2v) is 8.85. The molecule has 41 heavy (non-hydrogen) atoms. The Morgan fingerprint density at radius 3 is 1.51 bits per heavy atom. The lowest BCUT2D eigenvalue weighted by atomic mass is 10.1. The van der Waals surface area contributed by atoms with Crippen LogP contribution < -0.4 is 4.90 Å². The van der Waals surface area contributed by atoms with Gasteiger partial charge >= 0.3 is 11.4 Å². The molecule has 4 aromatic rings. The minimum absolute atomic E-state index is 0.0624. The van der Waals surface area contributed by atoms with Crippen LogP contribution in [0.25, 0.3) is 0 Å². The maximum absolute atomic E-state index is 12.3. The molecule has 0 radical (unpaired) electrons. The number of rotatable bonds is 8. The minimum Gasteiger partial charge on any atom is -0.282 e. The summed E-state index contributed by atoms with van der Waals surface area (Å²) in [7, 11) is 0. The number of aliphatic imine (C=N–C) groups is 1. The molecular formula is C27H20N6O8. The fraction of sp³-hybridized carbons (Fsp3) is 0.0741. The third-order valence-electron chi connectivity index (χ3n) is 5.99. The maximum Gasteiger partial charge on any atom is 0.307 e. The van der Waals surface area contributed by atoms with Crippen LogP contribution >= 0.6 is 0 Å². The van der Waals surface area contributed by atoms with E-state index in [1.165, 1.54) is 24.3 Å². The molecule has 0 aliphatic rings. The number of nitro benzene ring substituents is 4. The van der Waals surface area contributed by atoms with E-state index in [9.17, 15) is 40.5 Å². The van der Waals surface area contributed by atoms with Gasteiger partial charge in [-0.1, -0.05) is 35.4 Å². The van der Waals surface area contributed by atoms with E-state index in [-0.39, 0.29) is 22.8 Å². The lowest BCUT2D eigenvalue weighted by Gasteiger charge is -2.26. The topological polar surface area (TPSA) is 188 Å². The molecular weight excluding hydrogens is 536 g/mol. The molecule has 4 rings (SSSR count). The minimum atomic E-state index is -0.961. The predicted molar refractivity (Wildman–Crippen MR) is 150 cm³/mol. The second kappa shape index (κ2) is 11.4. The number of hydrogen-bond donors (Lipinski definition) is 0. The highest BCUT2D eigenvalue weighted by molar-refractivity contribution is 6.17. The fourth-order valence-corrected chi connectivity index (χ4v) is 3.97. The van der Waals surface area contributed by atoms with Crippen LogP contribution in [0.5, 0.6) is 0 Å². The summed E-state index contributed by atoms with van der Waals surface area (Å²) in [5.74, 6) is -0.0624. The van der Waals surface area contributed by atoms with Crippen LogP contribution in [0, 0.1) is 54.3 Å². The summed E-state index contributed by atoms with van der Waals surface area (Å²) in [5, 5.41) is 47.3. The van der Waals surface area contributed by atoms with Crippen LogP contribution in [-0.2, 0) is 0 Å². The van der Waals surface area contributed by atoms with Crippen molar-refractivity contribution >= 4 is 45.6 Å². The van der Waals surface area contributed by atoms with E-state index in [0.29, 0.717) is 17.8 Å². The van der Waals surface area contributed by atoms with Gasteiger partial charge in [0.1, 0.15) is 5.84 Å². The molecule has 0 unspecified atom stereocenters. The summed E-state index contributed by atoms with van der Waals surface area (Å²) < 4.78 is 0. The summed E-state index contributed by atoms with van der Waals surface area (Å²) in [6.07, 6.45) is 0. The predicted octanol–water partition coefficient (Wildman–Crippen LogP) is 6.85. The highest BCUT2D eigenvalue weighted by atomic mass is 16.6. The van der Waals surface area contributed by atoms with Gasteiger partial charge in [0.05, 0.1) is 37.5 Å². The zero-order chi connectivity index (χ0) is 29.8. The van der Waals surface area contributed by atoms with E-state index in [4.69, 9.17) is 0 Å².